The fourth-order valence-corrected chi connectivity index (χ4v) is 2.04. The van der Waals surface area contributed by atoms with Crippen LogP contribution < -0.4 is 10.6 Å². The molecule has 5 nitrogen and oxygen atoms in total. The molecule has 1 aliphatic rings. The highest BCUT2D eigenvalue weighted by Crippen LogP contribution is 2.19. The van der Waals surface area contributed by atoms with Crippen molar-refractivity contribution in [1.29, 1.82) is 0 Å². The zero-order valence-corrected chi connectivity index (χ0v) is 9.67. The predicted octanol–water partition coefficient (Wildman–Crippen LogP) is 1.16. The largest absolute Gasteiger partial charge is 0.480 e. The van der Waals surface area contributed by atoms with Gasteiger partial charge in [-0.2, -0.15) is 0 Å². The van der Waals surface area contributed by atoms with Crippen LogP contribution in [0.25, 0.3) is 0 Å². The van der Waals surface area contributed by atoms with Crippen LogP contribution in [0.1, 0.15) is 31.0 Å². The van der Waals surface area contributed by atoms with Gasteiger partial charge >= 0.3 is 5.97 Å². The summed E-state index contributed by atoms with van der Waals surface area (Å²) in [6.45, 7) is 1.97. The number of nitrogens with zero attached hydrogens (tertiary/aromatic N) is 2. The highest BCUT2D eigenvalue weighted by Gasteiger charge is 2.18. The lowest BCUT2D eigenvalue weighted by atomic mass is 10.1. The number of aromatic nitrogens is 1. The van der Waals surface area contributed by atoms with Crippen molar-refractivity contribution >= 4 is 11.8 Å². The summed E-state index contributed by atoms with van der Waals surface area (Å²) in [6.07, 6.45) is 3.58. The van der Waals surface area contributed by atoms with Crippen LogP contribution in [0.3, 0.4) is 0 Å². The van der Waals surface area contributed by atoms with Gasteiger partial charge in [-0.05, 0) is 31.4 Å². The number of carbonyl (C=O) groups is 1. The second-order valence-corrected chi connectivity index (χ2v) is 4.28. The van der Waals surface area contributed by atoms with Crippen LogP contribution in [-0.2, 0) is 4.79 Å². The van der Waals surface area contributed by atoms with Crippen molar-refractivity contribution in [3.63, 3.8) is 0 Å². The third-order valence-electron chi connectivity index (χ3n) is 3.02. The fourth-order valence-electron chi connectivity index (χ4n) is 2.04. The van der Waals surface area contributed by atoms with Crippen molar-refractivity contribution in [2.45, 2.75) is 25.3 Å². The molecule has 2 heterocycles. The first kappa shape index (κ1) is 11.9. The monoisotopic (exact) mass is 235 g/mol. The fraction of sp³-hybridized carbons (Fsp3) is 0.500. The van der Waals surface area contributed by atoms with Crippen molar-refractivity contribution < 1.29 is 9.90 Å². The molecule has 0 aromatic carbocycles. The minimum atomic E-state index is -1.05. The molecule has 0 bridgehead atoms. The summed E-state index contributed by atoms with van der Waals surface area (Å²) in [5.41, 5.74) is 5.97. The Bertz CT molecular complexity index is 402. The number of nitrogens with two attached hydrogens (primary N) is 1. The maximum absolute atomic E-state index is 10.8. The number of hydrogen-bond donors (Lipinski definition) is 2. The van der Waals surface area contributed by atoms with Crippen LogP contribution in [0, 0.1) is 0 Å². The van der Waals surface area contributed by atoms with Gasteiger partial charge in [-0.3, -0.25) is 4.79 Å². The summed E-state index contributed by atoms with van der Waals surface area (Å²) in [5, 5.41) is 8.86. The number of carboxylic acids is 1. The van der Waals surface area contributed by atoms with Gasteiger partial charge in [0.05, 0.1) is 5.69 Å². The quantitative estimate of drug-likeness (QED) is 0.821. The molecule has 1 unspecified atom stereocenters. The van der Waals surface area contributed by atoms with E-state index < -0.39 is 12.0 Å². The summed E-state index contributed by atoms with van der Waals surface area (Å²) < 4.78 is 0. The normalized spacial score (nSPS) is 17.8. The Labute approximate surface area is 100 Å². The molecule has 1 aromatic heterocycles. The molecule has 1 fully saturated rings. The Kier molecular flexibility index (Phi) is 3.58. The average molecular weight is 235 g/mol. The van der Waals surface area contributed by atoms with Crippen molar-refractivity contribution in [3.05, 3.63) is 23.9 Å². The number of aliphatic carboxylic acids is 1. The van der Waals surface area contributed by atoms with E-state index in [9.17, 15) is 4.79 Å². The van der Waals surface area contributed by atoms with Crippen molar-refractivity contribution in [2.24, 2.45) is 5.73 Å². The summed E-state index contributed by atoms with van der Waals surface area (Å²) in [6, 6.07) is 4.34. The molecule has 1 atom stereocenters. The lowest BCUT2D eigenvalue weighted by molar-refractivity contribution is -0.138. The van der Waals surface area contributed by atoms with Crippen molar-refractivity contribution in [2.75, 3.05) is 18.0 Å². The number of anilines is 1. The Hall–Kier alpha value is -1.62. The van der Waals surface area contributed by atoms with Gasteiger partial charge in [0.15, 0.2) is 0 Å². The summed E-state index contributed by atoms with van der Waals surface area (Å²) in [7, 11) is 0. The highest BCUT2D eigenvalue weighted by molar-refractivity contribution is 5.74. The van der Waals surface area contributed by atoms with E-state index in [1.807, 2.05) is 12.1 Å². The van der Waals surface area contributed by atoms with Crippen LogP contribution in [-0.4, -0.2) is 29.1 Å². The first-order valence-corrected chi connectivity index (χ1v) is 5.89. The molecule has 92 valence electrons. The summed E-state index contributed by atoms with van der Waals surface area (Å²) >= 11 is 0. The summed E-state index contributed by atoms with van der Waals surface area (Å²) in [5.74, 6) is -0.216. The zero-order valence-electron chi connectivity index (χ0n) is 9.67. The molecule has 0 amide bonds. The van der Waals surface area contributed by atoms with E-state index in [0.29, 0.717) is 5.69 Å². The zero-order chi connectivity index (χ0) is 12.3. The van der Waals surface area contributed by atoms with Crippen molar-refractivity contribution in [3.8, 4) is 0 Å². The van der Waals surface area contributed by atoms with Crippen LogP contribution in [0.15, 0.2) is 18.2 Å². The second-order valence-electron chi connectivity index (χ2n) is 4.28. The van der Waals surface area contributed by atoms with Gasteiger partial charge in [-0.15, -0.1) is 0 Å². The number of hydrogen-bond acceptors (Lipinski definition) is 4. The highest BCUT2D eigenvalue weighted by atomic mass is 16.4. The van der Waals surface area contributed by atoms with Gasteiger partial charge in [0.1, 0.15) is 11.9 Å². The molecule has 3 N–H and O–H groups in total. The van der Waals surface area contributed by atoms with Gasteiger partial charge in [0.2, 0.25) is 0 Å². The van der Waals surface area contributed by atoms with E-state index in [4.69, 9.17) is 10.8 Å². The average Bonchev–Trinajstić information content (AvgIpc) is 2.39. The lowest BCUT2D eigenvalue weighted by Crippen LogP contribution is -2.31. The number of pyridine rings is 1. The molecule has 5 heteroatoms. The minimum Gasteiger partial charge on any atom is -0.480 e. The van der Waals surface area contributed by atoms with Gasteiger partial charge in [-0.25, -0.2) is 4.98 Å². The molecule has 0 aliphatic carbocycles. The van der Waals surface area contributed by atoms with Gasteiger partial charge < -0.3 is 15.7 Å². The van der Waals surface area contributed by atoms with E-state index in [0.717, 1.165) is 31.7 Å². The molecule has 1 saturated heterocycles. The first-order chi connectivity index (χ1) is 8.18. The predicted molar refractivity (Wildman–Crippen MR) is 64.9 cm³/mol. The molecule has 0 saturated carbocycles. The Morgan fingerprint density at radius 1 is 1.35 bits per heavy atom. The molecule has 1 aliphatic heterocycles. The standard InChI is InChI=1S/C12H17N3O2/c13-11(12(16)17)9-5-4-6-10(14-9)15-7-2-1-3-8-15/h4-6,11H,1-3,7-8,13H2,(H,16,17). The van der Waals surface area contributed by atoms with Gasteiger partial charge in [0, 0.05) is 13.1 Å². The molecular weight excluding hydrogens is 218 g/mol. The third-order valence-corrected chi connectivity index (χ3v) is 3.02. The third kappa shape index (κ3) is 2.74. The number of rotatable bonds is 3. The molecule has 2 rings (SSSR count). The number of piperidine rings is 1. The van der Waals surface area contributed by atoms with Crippen LogP contribution in [0.4, 0.5) is 5.82 Å². The molecule has 0 spiro atoms. The maximum atomic E-state index is 10.8. The maximum Gasteiger partial charge on any atom is 0.326 e. The van der Waals surface area contributed by atoms with E-state index in [1.54, 1.807) is 6.07 Å². The van der Waals surface area contributed by atoms with Gasteiger partial charge in [-0.1, -0.05) is 6.07 Å². The Morgan fingerprint density at radius 3 is 2.71 bits per heavy atom. The van der Waals surface area contributed by atoms with E-state index >= 15 is 0 Å². The van der Waals surface area contributed by atoms with Crippen LogP contribution in [0.2, 0.25) is 0 Å². The van der Waals surface area contributed by atoms with Crippen molar-refractivity contribution in [1.82, 2.24) is 4.98 Å². The topological polar surface area (TPSA) is 79.5 Å². The molecule has 17 heavy (non-hydrogen) atoms. The van der Waals surface area contributed by atoms with Crippen LogP contribution >= 0.6 is 0 Å². The Balaban J connectivity index is 2.18. The number of carboxylic acid groups (broad SMARTS) is 1. The molecule has 0 radical (unpaired) electrons. The SMILES string of the molecule is NC(C(=O)O)c1cccc(N2CCCCC2)n1. The van der Waals surface area contributed by atoms with E-state index in [1.165, 1.54) is 6.42 Å². The Morgan fingerprint density at radius 2 is 2.06 bits per heavy atom. The lowest BCUT2D eigenvalue weighted by Gasteiger charge is -2.28. The smallest absolute Gasteiger partial charge is 0.326 e. The molecular formula is C12H17N3O2. The first-order valence-electron chi connectivity index (χ1n) is 5.89. The van der Waals surface area contributed by atoms with E-state index in [2.05, 4.69) is 9.88 Å². The summed E-state index contributed by atoms with van der Waals surface area (Å²) in [4.78, 5) is 17.3. The van der Waals surface area contributed by atoms with Gasteiger partial charge in [0.25, 0.3) is 0 Å². The van der Waals surface area contributed by atoms with Crippen LogP contribution in [0.5, 0.6) is 0 Å². The second kappa shape index (κ2) is 5.14. The molecule has 1 aromatic rings. The minimum absolute atomic E-state index is 0.417. The van der Waals surface area contributed by atoms with E-state index in [-0.39, 0.29) is 0 Å².